The van der Waals surface area contributed by atoms with E-state index in [0.29, 0.717) is 5.75 Å². The van der Waals surface area contributed by atoms with Gasteiger partial charge in [0.05, 0.1) is 13.0 Å². The molecule has 29 heavy (non-hydrogen) atoms. The van der Waals surface area contributed by atoms with Crippen molar-refractivity contribution < 1.29 is 23.1 Å². The molecule has 0 aliphatic rings. The fourth-order valence-electron chi connectivity index (χ4n) is 3.40. The molecule has 0 amide bonds. The highest BCUT2D eigenvalue weighted by Gasteiger charge is 2.32. The summed E-state index contributed by atoms with van der Waals surface area (Å²) in [5, 5.41) is 0. The van der Waals surface area contributed by atoms with Crippen molar-refractivity contribution in [1.82, 2.24) is 0 Å². The second kappa shape index (κ2) is 9.80. The fraction of sp³-hybridized carbons (Fsp3) is 0.409. The highest BCUT2D eigenvalue weighted by molar-refractivity contribution is 7.53. The van der Waals surface area contributed by atoms with Crippen LogP contribution < -0.4 is 4.52 Å². The lowest BCUT2D eigenvalue weighted by atomic mass is 9.78. The first-order chi connectivity index (χ1) is 13.5. The summed E-state index contributed by atoms with van der Waals surface area (Å²) in [6.07, 6.45) is 0.110. The average molecular weight is 439 g/mol. The maximum Gasteiger partial charge on any atom is 0.376 e. The molecule has 2 aromatic carbocycles. The van der Waals surface area contributed by atoms with Crippen LogP contribution in [0.25, 0.3) is 0 Å². The number of hydrogen-bond acceptors (Lipinski definition) is 5. The van der Waals surface area contributed by atoms with E-state index in [1.807, 2.05) is 70.2 Å². The molecule has 0 spiro atoms. The topological polar surface area (TPSA) is 61.8 Å². The highest BCUT2D eigenvalue weighted by atomic mass is 35.5. The monoisotopic (exact) mass is 438 g/mol. The molecule has 0 aliphatic heterocycles. The number of ether oxygens (including phenoxy) is 1. The van der Waals surface area contributed by atoms with Gasteiger partial charge in [-0.25, -0.2) is 4.57 Å². The summed E-state index contributed by atoms with van der Waals surface area (Å²) in [7, 11) is -3.40. The summed E-state index contributed by atoms with van der Waals surface area (Å²) in [6, 6.07) is 13.1. The number of esters is 1. The van der Waals surface area contributed by atoms with Crippen LogP contribution in [0.15, 0.2) is 42.5 Å². The third-order valence-electron chi connectivity index (χ3n) is 4.49. The number of aryl methyl sites for hydroxylation is 2. The number of alkyl halides is 1. The van der Waals surface area contributed by atoms with Gasteiger partial charge in [-0.1, -0.05) is 61.8 Å². The summed E-state index contributed by atoms with van der Waals surface area (Å²) in [5.41, 5.74) is 2.98. The lowest BCUT2D eigenvalue weighted by Crippen LogP contribution is -2.25. The van der Waals surface area contributed by atoms with Crippen LogP contribution in [-0.2, 0) is 30.6 Å². The van der Waals surface area contributed by atoms with Crippen LogP contribution in [0.4, 0.5) is 0 Å². The van der Waals surface area contributed by atoms with E-state index >= 15 is 0 Å². The molecule has 0 aromatic heterocycles. The SMILES string of the molecule is Cc1cc(C)c(C(C)(C)CC(=O)OCCl)c(OP(C)(=O)OCc2ccccc2)c1. The van der Waals surface area contributed by atoms with E-state index in [2.05, 4.69) is 0 Å². The Morgan fingerprint density at radius 1 is 1.14 bits per heavy atom. The van der Waals surface area contributed by atoms with E-state index < -0.39 is 19.0 Å². The third kappa shape index (κ3) is 6.88. The standard InChI is InChI=1S/C22H28ClO5P/c1-16-11-17(2)21(22(3,4)13-20(24)26-15-23)19(12-16)28-29(5,25)27-14-18-9-7-6-8-10-18/h6-12H,13-15H2,1-5H3. The van der Waals surface area contributed by atoms with Crippen molar-refractivity contribution >= 4 is 25.2 Å². The Hall–Kier alpha value is -1.81. The van der Waals surface area contributed by atoms with E-state index in [1.165, 1.54) is 6.66 Å². The molecule has 0 saturated heterocycles. The Morgan fingerprint density at radius 2 is 1.79 bits per heavy atom. The van der Waals surface area contributed by atoms with Crippen LogP contribution >= 0.6 is 19.2 Å². The average Bonchev–Trinajstić information content (AvgIpc) is 2.59. The van der Waals surface area contributed by atoms with Gasteiger partial charge in [-0.05, 0) is 36.6 Å². The smallest absolute Gasteiger partial charge is 0.376 e. The van der Waals surface area contributed by atoms with Crippen molar-refractivity contribution in [1.29, 1.82) is 0 Å². The first-order valence-corrected chi connectivity index (χ1v) is 11.9. The number of rotatable bonds is 9. The molecule has 0 bridgehead atoms. The molecular weight excluding hydrogens is 411 g/mol. The lowest BCUT2D eigenvalue weighted by Gasteiger charge is -2.29. The van der Waals surface area contributed by atoms with Crippen molar-refractivity contribution in [2.24, 2.45) is 0 Å². The van der Waals surface area contributed by atoms with Gasteiger partial charge >= 0.3 is 13.6 Å². The van der Waals surface area contributed by atoms with Crippen molar-refractivity contribution in [2.75, 3.05) is 12.7 Å². The molecule has 0 fully saturated rings. The minimum Gasteiger partial charge on any atom is -0.449 e. The summed E-state index contributed by atoms with van der Waals surface area (Å²) < 4.78 is 29.4. The molecule has 158 valence electrons. The number of carbonyl (C=O) groups is 1. The Bertz CT molecular complexity index is 896. The second-order valence-electron chi connectivity index (χ2n) is 7.76. The Kier molecular flexibility index (Phi) is 7.93. The van der Waals surface area contributed by atoms with Crippen LogP contribution in [0, 0.1) is 13.8 Å². The number of halogens is 1. The largest absolute Gasteiger partial charge is 0.449 e. The highest BCUT2D eigenvalue weighted by Crippen LogP contribution is 2.49. The van der Waals surface area contributed by atoms with Gasteiger partial charge < -0.3 is 9.26 Å². The van der Waals surface area contributed by atoms with E-state index in [1.54, 1.807) is 0 Å². The molecule has 0 aliphatic carbocycles. The number of benzene rings is 2. The molecule has 1 atom stereocenters. The second-order valence-corrected chi connectivity index (χ2v) is 9.96. The summed E-state index contributed by atoms with van der Waals surface area (Å²) >= 11 is 5.51. The number of carbonyl (C=O) groups excluding carboxylic acids is 1. The van der Waals surface area contributed by atoms with E-state index in [-0.39, 0.29) is 19.1 Å². The van der Waals surface area contributed by atoms with Gasteiger partial charge in [0, 0.05) is 17.6 Å². The van der Waals surface area contributed by atoms with Crippen molar-refractivity contribution in [3.8, 4) is 5.75 Å². The zero-order chi connectivity index (χ0) is 21.7. The molecule has 0 radical (unpaired) electrons. The minimum atomic E-state index is -3.40. The minimum absolute atomic E-state index is 0.110. The predicted octanol–water partition coefficient (Wildman–Crippen LogP) is 6.13. The van der Waals surface area contributed by atoms with Crippen molar-refractivity contribution in [3.63, 3.8) is 0 Å². The van der Waals surface area contributed by atoms with Gasteiger partial charge in [-0.15, -0.1) is 0 Å². The molecular formula is C22H28ClO5P. The molecule has 2 aromatic rings. The molecule has 1 unspecified atom stereocenters. The van der Waals surface area contributed by atoms with E-state index in [9.17, 15) is 9.36 Å². The summed E-state index contributed by atoms with van der Waals surface area (Å²) in [6.45, 7) is 9.34. The van der Waals surface area contributed by atoms with Gasteiger partial charge in [-0.3, -0.25) is 9.32 Å². The van der Waals surface area contributed by atoms with Crippen LogP contribution in [-0.4, -0.2) is 18.7 Å². The van der Waals surface area contributed by atoms with Crippen LogP contribution in [0.2, 0.25) is 0 Å². The van der Waals surface area contributed by atoms with Gasteiger partial charge in [-0.2, -0.15) is 0 Å². The first kappa shape index (κ1) is 23.5. The van der Waals surface area contributed by atoms with Crippen LogP contribution in [0.5, 0.6) is 5.75 Å². The molecule has 0 saturated carbocycles. The Balaban J connectivity index is 2.29. The molecule has 0 heterocycles. The Labute approximate surface area is 177 Å². The number of hydrogen-bond donors (Lipinski definition) is 0. The maximum atomic E-state index is 13.0. The quantitative estimate of drug-likeness (QED) is 0.268. The normalized spacial score (nSPS) is 13.6. The fourth-order valence-corrected chi connectivity index (χ4v) is 4.46. The first-order valence-electron chi connectivity index (χ1n) is 9.33. The third-order valence-corrected chi connectivity index (χ3v) is 5.73. The zero-order valence-electron chi connectivity index (χ0n) is 17.5. The van der Waals surface area contributed by atoms with Crippen LogP contribution in [0.1, 0.15) is 42.5 Å². The zero-order valence-corrected chi connectivity index (χ0v) is 19.2. The van der Waals surface area contributed by atoms with Gasteiger partial charge in [0.2, 0.25) is 0 Å². The predicted molar refractivity (Wildman–Crippen MR) is 116 cm³/mol. The van der Waals surface area contributed by atoms with Gasteiger partial charge in [0.1, 0.15) is 5.75 Å². The molecule has 7 heteroatoms. The van der Waals surface area contributed by atoms with Gasteiger partial charge in [0.25, 0.3) is 0 Å². The Morgan fingerprint density at radius 3 is 2.41 bits per heavy atom. The lowest BCUT2D eigenvalue weighted by molar-refractivity contribution is -0.142. The van der Waals surface area contributed by atoms with Gasteiger partial charge in [0.15, 0.2) is 6.07 Å². The van der Waals surface area contributed by atoms with E-state index in [4.69, 9.17) is 25.4 Å². The maximum absolute atomic E-state index is 13.0. The van der Waals surface area contributed by atoms with E-state index in [0.717, 1.165) is 22.3 Å². The summed E-state index contributed by atoms with van der Waals surface area (Å²) in [4.78, 5) is 12.0. The van der Waals surface area contributed by atoms with Crippen molar-refractivity contribution in [3.05, 3.63) is 64.7 Å². The molecule has 0 N–H and O–H groups in total. The van der Waals surface area contributed by atoms with Crippen LogP contribution in [0.3, 0.4) is 0 Å². The summed E-state index contributed by atoms with van der Waals surface area (Å²) in [5.74, 6) is 0.0426. The van der Waals surface area contributed by atoms with Crippen molar-refractivity contribution in [2.45, 2.75) is 46.1 Å². The molecule has 2 rings (SSSR count). The molecule has 5 nitrogen and oxygen atoms in total.